The third-order valence-corrected chi connectivity index (χ3v) is 4.56. The zero-order chi connectivity index (χ0) is 19.8. The first-order valence-electron chi connectivity index (χ1n) is 8.70. The maximum atomic E-state index is 11.8. The molecule has 6 heteroatoms. The number of carbonyl (C=O) groups is 1. The van der Waals surface area contributed by atoms with Gasteiger partial charge in [0.15, 0.2) is 0 Å². The van der Waals surface area contributed by atoms with Crippen LogP contribution in [-0.2, 0) is 5.41 Å². The highest BCUT2D eigenvalue weighted by Crippen LogP contribution is 2.30. The number of hydrogen-bond acceptors (Lipinski definition) is 3. The topological polar surface area (TPSA) is 72.9 Å². The summed E-state index contributed by atoms with van der Waals surface area (Å²) in [6.07, 6.45) is 0. The molecule has 3 rings (SSSR count). The zero-order valence-electron chi connectivity index (χ0n) is 15.9. The quantitative estimate of drug-likeness (QED) is 0.668. The monoisotopic (exact) mass is 382 g/mol. The largest absolute Gasteiger partial charge is 0.366 e. The number of hydrogen-bond donors (Lipinski definition) is 2. The van der Waals surface area contributed by atoms with Gasteiger partial charge in [0.2, 0.25) is 0 Å². The highest BCUT2D eigenvalue weighted by atomic mass is 35.5. The van der Waals surface area contributed by atoms with Crippen LogP contribution < -0.4 is 11.1 Å². The molecule has 0 saturated carbocycles. The second-order valence-corrected chi connectivity index (χ2v) is 7.98. The van der Waals surface area contributed by atoms with Crippen molar-refractivity contribution >= 4 is 29.0 Å². The maximum Gasteiger partial charge on any atom is 0.250 e. The lowest BCUT2D eigenvalue weighted by molar-refractivity contribution is 0.100. The molecule has 0 unspecified atom stereocenters. The van der Waals surface area contributed by atoms with Crippen LogP contribution in [0, 0.1) is 6.92 Å². The number of benzene rings is 2. The number of rotatable bonds is 4. The molecular weight excluding hydrogens is 360 g/mol. The molecule has 140 valence electrons. The maximum absolute atomic E-state index is 11.8. The summed E-state index contributed by atoms with van der Waals surface area (Å²) in [5.74, 6) is 0.266. The van der Waals surface area contributed by atoms with Gasteiger partial charge in [0, 0.05) is 16.5 Å². The van der Waals surface area contributed by atoms with Gasteiger partial charge in [-0.1, -0.05) is 44.5 Å². The van der Waals surface area contributed by atoms with Crippen molar-refractivity contribution in [2.45, 2.75) is 33.1 Å². The van der Waals surface area contributed by atoms with Gasteiger partial charge in [-0.25, -0.2) is 4.68 Å². The van der Waals surface area contributed by atoms with Crippen molar-refractivity contribution in [2.24, 2.45) is 5.73 Å². The number of aromatic nitrogens is 2. The predicted molar refractivity (Wildman–Crippen MR) is 110 cm³/mol. The normalized spacial score (nSPS) is 11.4. The molecule has 0 radical (unpaired) electrons. The number of carbonyl (C=O) groups excluding carboxylic acids is 1. The fraction of sp³-hybridized carbons (Fsp3) is 0.238. The van der Waals surface area contributed by atoms with E-state index in [0.717, 1.165) is 22.8 Å². The number of anilines is 2. The van der Waals surface area contributed by atoms with Crippen LogP contribution in [0.5, 0.6) is 0 Å². The molecule has 0 aliphatic rings. The molecule has 27 heavy (non-hydrogen) atoms. The number of aryl methyl sites for hydroxylation is 1. The summed E-state index contributed by atoms with van der Waals surface area (Å²) in [6.45, 7) is 8.31. The van der Waals surface area contributed by atoms with Crippen molar-refractivity contribution in [1.29, 1.82) is 0 Å². The van der Waals surface area contributed by atoms with E-state index in [0.29, 0.717) is 16.3 Å². The average Bonchev–Trinajstić information content (AvgIpc) is 2.99. The van der Waals surface area contributed by atoms with Crippen molar-refractivity contribution < 1.29 is 4.79 Å². The Kier molecular flexibility index (Phi) is 4.98. The number of nitrogens with zero attached hydrogens (tertiary/aromatic N) is 2. The number of para-hydroxylation sites is 1. The summed E-state index contributed by atoms with van der Waals surface area (Å²) in [5, 5.41) is 8.80. The van der Waals surface area contributed by atoms with Crippen LogP contribution in [-0.4, -0.2) is 15.7 Å². The zero-order valence-corrected chi connectivity index (χ0v) is 16.6. The van der Waals surface area contributed by atoms with Crippen LogP contribution in [0.2, 0.25) is 5.02 Å². The Balaban J connectivity index is 2.15. The lowest BCUT2D eigenvalue weighted by atomic mass is 9.92. The summed E-state index contributed by atoms with van der Waals surface area (Å²) >= 11 is 6.11. The van der Waals surface area contributed by atoms with Gasteiger partial charge < -0.3 is 11.1 Å². The summed E-state index contributed by atoms with van der Waals surface area (Å²) in [4.78, 5) is 11.8. The molecule has 0 atom stereocenters. The van der Waals surface area contributed by atoms with Gasteiger partial charge >= 0.3 is 0 Å². The van der Waals surface area contributed by atoms with Crippen molar-refractivity contribution in [1.82, 2.24) is 9.78 Å². The van der Waals surface area contributed by atoms with E-state index in [1.54, 1.807) is 12.1 Å². The molecule has 0 bridgehead atoms. The van der Waals surface area contributed by atoms with E-state index in [1.807, 2.05) is 48.0 Å². The number of primary amides is 1. The number of amides is 1. The SMILES string of the molecule is Cc1cc(Cl)ccc1-n1nc(C(C)(C)C)cc1Nc1ccccc1C(N)=O. The van der Waals surface area contributed by atoms with Gasteiger partial charge in [-0.3, -0.25) is 4.79 Å². The van der Waals surface area contributed by atoms with E-state index in [-0.39, 0.29) is 5.41 Å². The average molecular weight is 383 g/mol. The molecule has 0 aliphatic carbocycles. The number of nitrogens with two attached hydrogens (primary N) is 1. The molecule has 2 aromatic carbocycles. The standard InChI is InChI=1S/C21H23ClN4O/c1-13-11-14(22)9-10-17(13)26-19(12-18(25-26)21(2,3)4)24-16-8-6-5-7-15(16)20(23)27/h5-12,24H,1-4H3,(H2,23,27). The van der Waals surface area contributed by atoms with Crippen molar-refractivity contribution in [2.75, 3.05) is 5.32 Å². The van der Waals surface area contributed by atoms with Crippen LogP contribution in [0.1, 0.15) is 42.4 Å². The molecule has 1 amide bonds. The third-order valence-electron chi connectivity index (χ3n) is 4.32. The Hall–Kier alpha value is -2.79. The molecule has 3 N–H and O–H groups in total. The lowest BCUT2D eigenvalue weighted by Gasteiger charge is -2.14. The second-order valence-electron chi connectivity index (χ2n) is 7.54. The minimum absolute atomic E-state index is 0.134. The predicted octanol–water partition coefficient (Wildman–Crippen LogP) is 4.97. The first kappa shape index (κ1) is 19.0. The Bertz CT molecular complexity index is 1000. The van der Waals surface area contributed by atoms with Crippen LogP contribution in [0.15, 0.2) is 48.5 Å². The molecule has 0 fully saturated rings. The van der Waals surface area contributed by atoms with E-state index < -0.39 is 5.91 Å². The minimum atomic E-state index is -0.483. The summed E-state index contributed by atoms with van der Waals surface area (Å²) in [5.41, 5.74) is 9.28. The molecule has 0 saturated heterocycles. The smallest absolute Gasteiger partial charge is 0.250 e. The number of nitrogens with one attached hydrogen (secondary N) is 1. The van der Waals surface area contributed by atoms with Crippen molar-refractivity contribution in [3.8, 4) is 5.69 Å². The van der Waals surface area contributed by atoms with Gasteiger partial charge in [-0.2, -0.15) is 5.10 Å². The van der Waals surface area contributed by atoms with E-state index in [9.17, 15) is 4.79 Å². The van der Waals surface area contributed by atoms with E-state index in [1.165, 1.54) is 0 Å². The first-order valence-corrected chi connectivity index (χ1v) is 9.07. The highest BCUT2D eigenvalue weighted by Gasteiger charge is 2.22. The molecule has 0 spiro atoms. The number of halogens is 1. The second kappa shape index (κ2) is 7.08. The molecule has 0 aliphatic heterocycles. The fourth-order valence-corrected chi connectivity index (χ4v) is 3.05. The summed E-state index contributed by atoms with van der Waals surface area (Å²) < 4.78 is 1.84. The molecule has 1 heterocycles. The highest BCUT2D eigenvalue weighted by molar-refractivity contribution is 6.30. The van der Waals surface area contributed by atoms with Crippen LogP contribution >= 0.6 is 11.6 Å². The Morgan fingerprint density at radius 3 is 2.48 bits per heavy atom. The Labute approximate surface area is 164 Å². The third kappa shape index (κ3) is 3.98. The minimum Gasteiger partial charge on any atom is -0.366 e. The van der Waals surface area contributed by atoms with E-state index >= 15 is 0 Å². The first-order chi connectivity index (χ1) is 12.7. The molecule has 1 aromatic heterocycles. The van der Waals surface area contributed by atoms with Crippen LogP contribution in [0.25, 0.3) is 5.69 Å². The van der Waals surface area contributed by atoms with Crippen LogP contribution in [0.4, 0.5) is 11.5 Å². The Morgan fingerprint density at radius 2 is 1.85 bits per heavy atom. The lowest BCUT2D eigenvalue weighted by Crippen LogP contribution is -2.14. The van der Waals surface area contributed by atoms with Gasteiger partial charge in [0.25, 0.3) is 5.91 Å². The molecular formula is C21H23ClN4O. The van der Waals surface area contributed by atoms with Crippen molar-refractivity contribution in [3.63, 3.8) is 0 Å². The van der Waals surface area contributed by atoms with Gasteiger partial charge in [0.05, 0.1) is 22.6 Å². The van der Waals surface area contributed by atoms with E-state index in [2.05, 4.69) is 26.1 Å². The van der Waals surface area contributed by atoms with Crippen molar-refractivity contribution in [3.05, 3.63) is 70.4 Å². The van der Waals surface area contributed by atoms with E-state index in [4.69, 9.17) is 22.4 Å². The molecule has 3 aromatic rings. The fourth-order valence-electron chi connectivity index (χ4n) is 2.82. The summed E-state index contributed by atoms with van der Waals surface area (Å²) in [7, 11) is 0. The molecule has 5 nitrogen and oxygen atoms in total. The Morgan fingerprint density at radius 1 is 1.15 bits per heavy atom. The van der Waals surface area contributed by atoms with Gasteiger partial charge in [-0.05, 0) is 42.8 Å². The van der Waals surface area contributed by atoms with Gasteiger partial charge in [-0.15, -0.1) is 0 Å². The van der Waals surface area contributed by atoms with Crippen LogP contribution in [0.3, 0.4) is 0 Å². The van der Waals surface area contributed by atoms with Gasteiger partial charge in [0.1, 0.15) is 5.82 Å². The summed E-state index contributed by atoms with van der Waals surface area (Å²) in [6, 6.07) is 14.8.